The highest BCUT2D eigenvalue weighted by Crippen LogP contribution is 2.25. The van der Waals surface area contributed by atoms with Crippen LogP contribution in [-0.2, 0) is 6.42 Å². The van der Waals surface area contributed by atoms with E-state index in [0.29, 0.717) is 29.4 Å². The quantitative estimate of drug-likeness (QED) is 0.721. The maximum Gasteiger partial charge on any atom is 0.252 e. The van der Waals surface area contributed by atoms with Gasteiger partial charge in [-0.15, -0.1) is 0 Å². The van der Waals surface area contributed by atoms with E-state index in [0.717, 1.165) is 11.3 Å². The van der Waals surface area contributed by atoms with Gasteiger partial charge in [0.25, 0.3) is 5.91 Å². The number of amides is 1. The molecule has 1 amide bonds. The number of nitrogens with one attached hydrogen (secondary N) is 1. The van der Waals surface area contributed by atoms with Crippen LogP contribution in [0.5, 0.6) is 0 Å². The summed E-state index contributed by atoms with van der Waals surface area (Å²) in [4.78, 5) is 16.6. The van der Waals surface area contributed by atoms with Gasteiger partial charge in [-0.05, 0) is 24.3 Å². The standard InChI is InChI=1S/C18H14Cl2N2O2/c19-15-8-4-7-14(16(15)20)17(23)21-10-9-13-11-24-18(22-13)12-5-2-1-3-6-12/h1-8,11H,9-10H2,(H,21,23). The third-order valence-corrected chi connectivity index (χ3v) is 4.25. The molecule has 1 N–H and O–H groups in total. The fourth-order valence-corrected chi connectivity index (χ4v) is 2.60. The first kappa shape index (κ1) is 16.6. The summed E-state index contributed by atoms with van der Waals surface area (Å²) < 4.78 is 5.47. The molecule has 1 aromatic heterocycles. The fraction of sp³-hybridized carbons (Fsp3) is 0.111. The van der Waals surface area contributed by atoms with Crippen LogP contribution in [-0.4, -0.2) is 17.4 Å². The zero-order valence-electron chi connectivity index (χ0n) is 12.6. The van der Waals surface area contributed by atoms with E-state index in [1.54, 1.807) is 24.5 Å². The Morgan fingerprint density at radius 2 is 1.88 bits per heavy atom. The van der Waals surface area contributed by atoms with Gasteiger partial charge in [0.2, 0.25) is 5.89 Å². The van der Waals surface area contributed by atoms with E-state index < -0.39 is 0 Å². The van der Waals surface area contributed by atoms with Crippen LogP contribution >= 0.6 is 23.2 Å². The zero-order chi connectivity index (χ0) is 16.9. The first-order valence-corrected chi connectivity index (χ1v) is 8.13. The predicted molar refractivity (Wildman–Crippen MR) is 94.4 cm³/mol. The lowest BCUT2D eigenvalue weighted by molar-refractivity contribution is 0.0954. The molecule has 2 aromatic carbocycles. The molecule has 0 aliphatic rings. The number of hydrogen-bond donors (Lipinski definition) is 1. The molecule has 6 heteroatoms. The average molecular weight is 361 g/mol. The third-order valence-electron chi connectivity index (χ3n) is 3.44. The van der Waals surface area contributed by atoms with Crippen molar-refractivity contribution in [1.29, 1.82) is 0 Å². The van der Waals surface area contributed by atoms with E-state index in [1.807, 2.05) is 30.3 Å². The molecule has 0 unspecified atom stereocenters. The molecule has 0 radical (unpaired) electrons. The minimum absolute atomic E-state index is 0.254. The summed E-state index contributed by atoms with van der Waals surface area (Å²) in [5.74, 6) is 0.295. The second kappa shape index (κ2) is 7.51. The van der Waals surface area contributed by atoms with Crippen molar-refractivity contribution in [2.24, 2.45) is 0 Å². The normalized spacial score (nSPS) is 10.6. The number of nitrogens with zero attached hydrogens (tertiary/aromatic N) is 1. The van der Waals surface area contributed by atoms with Gasteiger partial charge >= 0.3 is 0 Å². The van der Waals surface area contributed by atoms with Crippen molar-refractivity contribution in [2.75, 3.05) is 6.54 Å². The lowest BCUT2D eigenvalue weighted by atomic mass is 10.2. The van der Waals surface area contributed by atoms with Crippen LogP contribution in [0.3, 0.4) is 0 Å². The molecule has 0 saturated carbocycles. The van der Waals surface area contributed by atoms with Crippen molar-refractivity contribution < 1.29 is 9.21 Å². The molecule has 0 atom stereocenters. The summed E-state index contributed by atoms with van der Waals surface area (Å²) in [6, 6.07) is 14.6. The number of benzene rings is 2. The maximum atomic E-state index is 12.1. The van der Waals surface area contributed by atoms with E-state index in [1.165, 1.54) is 0 Å². The predicted octanol–water partition coefficient (Wildman–Crippen LogP) is 4.62. The third kappa shape index (κ3) is 3.78. The van der Waals surface area contributed by atoms with Gasteiger partial charge in [-0.3, -0.25) is 4.79 Å². The van der Waals surface area contributed by atoms with E-state index >= 15 is 0 Å². The highest BCUT2D eigenvalue weighted by atomic mass is 35.5. The van der Waals surface area contributed by atoms with Gasteiger partial charge in [0, 0.05) is 18.5 Å². The van der Waals surface area contributed by atoms with Gasteiger partial charge in [0.1, 0.15) is 6.26 Å². The molecule has 0 bridgehead atoms. The number of oxazole rings is 1. The topological polar surface area (TPSA) is 55.1 Å². The molecule has 0 spiro atoms. The molecule has 0 fully saturated rings. The Labute approximate surface area is 149 Å². The molecular weight excluding hydrogens is 347 g/mol. The molecule has 0 aliphatic carbocycles. The molecule has 0 saturated heterocycles. The number of halogens is 2. The van der Waals surface area contributed by atoms with Gasteiger partial charge < -0.3 is 9.73 Å². The Balaban J connectivity index is 1.58. The van der Waals surface area contributed by atoms with Crippen LogP contribution < -0.4 is 5.32 Å². The van der Waals surface area contributed by atoms with Crippen molar-refractivity contribution in [3.8, 4) is 11.5 Å². The van der Waals surface area contributed by atoms with Crippen LogP contribution in [0.15, 0.2) is 59.2 Å². The molecule has 24 heavy (non-hydrogen) atoms. The minimum atomic E-state index is -0.269. The SMILES string of the molecule is O=C(NCCc1coc(-c2ccccc2)n1)c1cccc(Cl)c1Cl. The maximum absolute atomic E-state index is 12.1. The summed E-state index contributed by atoms with van der Waals surface area (Å²) >= 11 is 11.9. The second-order valence-corrected chi connectivity index (χ2v) is 5.90. The highest BCUT2D eigenvalue weighted by molar-refractivity contribution is 6.43. The van der Waals surface area contributed by atoms with E-state index in [2.05, 4.69) is 10.3 Å². The number of carbonyl (C=O) groups excluding carboxylic acids is 1. The Morgan fingerprint density at radius 1 is 1.08 bits per heavy atom. The van der Waals surface area contributed by atoms with Gasteiger partial charge in [-0.25, -0.2) is 4.98 Å². The van der Waals surface area contributed by atoms with Crippen LogP contribution in [0, 0.1) is 0 Å². The van der Waals surface area contributed by atoms with Crippen molar-refractivity contribution in [3.05, 3.63) is 76.1 Å². The Bertz CT molecular complexity index is 847. The lowest BCUT2D eigenvalue weighted by Crippen LogP contribution is -2.26. The first-order chi connectivity index (χ1) is 11.6. The molecule has 122 valence electrons. The van der Waals surface area contributed by atoms with Crippen molar-refractivity contribution in [3.63, 3.8) is 0 Å². The van der Waals surface area contributed by atoms with Gasteiger partial charge in [-0.2, -0.15) is 0 Å². The fourth-order valence-electron chi connectivity index (χ4n) is 2.21. The largest absolute Gasteiger partial charge is 0.444 e. The Kier molecular flexibility index (Phi) is 5.18. The summed E-state index contributed by atoms with van der Waals surface area (Å²) in [7, 11) is 0. The summed E-state index contributed by atoms with van der Waals surface area (Å²) in [6.07, 6.45) is 2.15. The summed E-state index contributed by atoms with van der Waals surface area (Å²) in [6.45, 7) is 0.419. The number of aromatic nitrogens is 1. The minimum Gasteiger partial charge on any atom is -0.444 e. The van der Waals surface area contributed by atoms with Crippen molar-refractivity contribution in [1.82, 2.24) is 10.3 Å². The van der Waals surface area contributed by atoms with Gasteiger partial charge in [0.15, 0.2) is 0 Å². The van der Waals surface area contributed by atoms with Crippen molar-refractivity contribution in [2.45, 2.75) is 6.42 Å². The highest BCUT2D eigenvalue weighted by Gasteiger charge is 2.12. The average Bonchev–Trinajstić information content (AvgIpc) is 3.07. The van der Waals surface area contributed by atoms with Crippen LogP contribution in [0.2, 0.25) is 10.0 Å². The molecule has 4 nitrogen and oxygen atoms in total. The van der Waals surface area contributed by atoms with Crippen LogP contribution in [0.4, 0.5) is 0 Å². The Morgan fingerprint density at radius 3 is 2.67 bits per heavy atom. The molecule has 3 rings (SSSR count). The molecule has 3 aromatic rings. The van der Waals surface area contributed by atoms with E-state index in [4.69, 9.17) is 27.6 Å². The molecule has 0 aliphatic heterocycles. The molecule has 1 heterocycles. The molecular formula is C18H14Cl2N2O2. The van der Waals surface area contributed by atoms with Gasteiger partial charge in [-0.1, -0.05) is 47.5 Å². The zero-order valence-corrected chi connectivity index (χ0v) is 14.1. The van der Waals surface area contributed by atoms with Crippen molar-refractivity contribution >= 4 is 29.1 Å². The van der Waals surface area contributed by atoms with Gasteiger partial charge in [0.05, 0.1) is 21.3 Å². The number of carbonyl (C=O) groups is 1. The summed E-state index contributed by atoms with van der Waals surface area (Å²) in [5.41, 5.74) is 2.04. The van der Waals surface area contributed by atoms with E-state index in [-0.39, 0.29) is 10.9 Å². The number of rotatable bonds is 5. The monoisotopic (exact) mass is 360 g/mol. The smallest absolute Gasteiger partial charge is 0.252 e. The lowest BCUT2D eigenvalue weighted by Gasteiger charge is -2.06. The van der Waals surface area contributed by atoms with E-state index in [9.17, 15) is 4.79 Å². The summed E-state index contributed by atoms with van der Waals surface area (Å²) in [5, 5.41) is 3.41. The first-order valence-electron chi connectivity index (χ1n) is 7.37. The van der Waals surface area contributed by atoms with Crippen LogP contribution in [0.1, 0.15) is 16.1 Å². The second-order valence-electron chi connectivity index (χ2n) is 5.12. The number of hydrogen-bond acceptors (Lipinski definition) is 3. The van der Waals surface area contributed by atoms with Crippen LogP contribution in [0.25, 0.3) is 11.5 Å². The Hall–Kier alpha value is -2.30.